The third-order valence-corrected chi connectivity index (χ3v) is 5.55. The summed E-state index contributed by atoms with van der Waals surface area (Å²) in [6, 6.07) is 11.7. The first kappa shape index (κ1) is 23.5. The molecule has 0 amide bonds. The van der Waals surface area contributed by atoms with Crippen LogP contribution < -0.4 is 10.1 Å². The Morgan fingerprint density at radius 1 is 1.08 bits per heavy atom. The van der Waals surface area contributed by atoms with E-state index in [1.165, 1.54) is 30.3 Å². The quantitative estimate of drug-likeness (QED) is 0.358. The first-order valence-corrected chi connectivity index (χ1v) is 10.6. The summed E-state index contributed by atoms with van der Waals surface area (Å²) in [5, 5.41) is 29.4. The molecular weight excluding hydrogens is 485 g/mol. The molecular formula is C23H17F3N4O6. The average molecular weight is 502 g/mol. The summed E-state index contributed by atoms with van der Waals surface area (Å²) in [4.78, 5) is 14.8. The molecule has 5 rings (SSSR count). The van der Waals surface area contributed by atoms with Gasteiger partial charge in [0.2, 0.25) is 11.6 Å². The number of carboxylic acids is 1. The van der Waals surface area contributed by atoms with Gasteiger partial charge in [0.05, 0.1) is 12.6 Å². The molecule has 10 nitrogen and oxygen atoms in total. The number of nitrogens with zero attached hydrogens (tertiary/aromatic N) is 3. The standard InChI is InChI=1S/C23H17F3N4O6/c24-23(25,26)17-18(11-4-2-1-3-5-11)29-35-20(17)22-28-21(30-36-22)12-6-7-13-15(8-12)34-10-14(19(13)33)27-9-16(31)32/h1-8,14,19,27,33H,9-10H2,(H,31,32)/t14-,19+/m0/s1. The Hall–Kier alpha value is -4.23. The first-order chi connectivity index (χ1) is 17.2. The molecule has 0 fully saturated rings. The first-order valence-electron chi connectivity index (χ1n) is 10.6. The number of alkyl halides is 3. The van der Waals surface area contributed by atoms with E-state index in [1.807, 2.05) is 0 Å². The van der Waals surface area contributed by atoms with Crippen molar-refractivity contribution in [2.24, 2.45) is 0 Å². The van der Waals surface area contributed by atoms with Crippen LogP contribution >= 0.6 is 0 Å². The Morgan fingerprint density at radius 2 is 1.86 bits per heavy atom. The van der Waals surface area contributed by atoms with Crippen molar-refractivity contribution in [3.05, 3.63) is 59.7 Å². The van der Waals surface area contributed by atoms with Crippen LogP contribution in [-0.4, -0.2) is 50.7 Å². The fourth-order valence-corrected chi connectivity index (χ4v) is 3.84. The highest BCUT2D eigenvalue weighted by atomic mass is 19.4. The van der Waals surface area contributed by atoms with Crippen molar-refractivity contribution in [2.45, 2.75) is 18.3 Å². The number of hydrogen-bond acceptors (Lipinski definition) is 9. The number of hydrogen-bond donors (Lipinski definition) is 3. The van der Waals surface area contributed by atoms with Gasteiger partial charge < -0.3 is 24.0 Å². The van der Waals surface area contributed by atoms with Crippen molar-refractivity contribution < 1.29 is 42.0 Å². The molecule has 0 bridgehead atoms. The Labute approximate surface area is 200 Å². The predicted molar refractivity (Wildman–Crippen MR) is 116 cm³/mol. The molecule has 36 heavy (non-hydrogen) atoms. The molecule has 2 atom stereocenters. The van der Waals surface area contributed by atoms with E-state index in [0.29, 0.717) is 16.9 Å². The molecule has 3 N–H and O–H groups in total. The molecule has 2 aromatic heterocycles. The Kier molecular flexibility index (Phi) is 5.94. The maximum atomic E-state index is 13.9. The Balaban J connectivity index is 1.45. The number of benzene rings is 2. The second kappa shape index (κ2) is 9.09. The van der Waals surface area contributed by atoms with Gasteiger partial charge in [-0.05, 0) is 6.07 Å². The van der Waals surface area contributed by atoms with Crippen LogP contribution in [0.15, 0.2) is 57.6 Å². The topological polar surface area (TPSA) is 144 Å². The number of halogens is 3. The summed E-state index contributed by atoms with van der Waals surface area (Å²) in [6.45, 7) is -0.352. The monoisotopic (exact) mass is 502 g/mol. The molecule has 1 aliphatic rings. The molecule has 0 spiro atoms. The molecule has 0 saturated heterocycles. The van der Waals surface area contributed by atoms with Crippen LogP contribution in [0, 0.1) is 0 Å². The zero-order valence-corrected chi connectivity index (χ0v) is 18.2. The van der Waals surface area contributed by atoms with Crippen molar-refractivity contribution in [3.63, 3.8) is 0 Å². The summed E-state index contributed by atoms with van der Waals surface area (Å²) in [7, 11) is 0. The second-order valence-corrected chi connectivity index (χ2v) is 7.91. The fraction of sp³-hybridized carbons (Fsp3) is 0.217. The van der Waals surface area contributed by atoms with Crippen LogP contribution in [0.4, 0.5) is 13.2 Å². The third-order valence-electron chi connectivity index (χ3n) is 5.55. The third kappa shape index (κ3) is 4.41. The van der Waals surface area contributed by atoms with E-state index in [-0.39, 0.29) is 24.5 Å². The lowest BCUT2D eigenvalue weighted by Crippen LogP contribution is -2.44. The average Bonchev–Trinajstić information content (AvgIpc) is 3.51. The number of aromatic nitrogens is 3. The van der Waals surface area contributed by atoms with Gasteiger partial charge in [-0.25, -0.2) is 0 Å². The van der Waals surface area contributed by atoms with E-state index >= 15 is 0 Å². The van der Waals surface area contributed by atoms with Gasteiger partial charge in [-0.3, -0.25) is 10.1 Å². The predicted octanol–water partition coefficient (Wildman–Crippen LogP) is 3.55. The van der Waals surface area contributed by atoms with E-state index in [2.05, 4.69) is 20.6 Å². The van der Waals surface area contributed by atoms with Crippen LogP contribution in [0.25, 0.3) is 34.3 Å². The van der Waals surface area contributed by atoms with Gasteiger partial charge in [0.1, 0.15) is 29.7 Å². The van der Waals surface area contributed by atoms with E-state index in [0.717, 1.165) is 0 Å². The van der Waals surface area contributed by atoms with Crippen molar-refractivity contribution in [3.8, 4) is 40.0 Å². The summed E-state index contributed by atoms with van der Waals surface area (Å²) < 4.78 is 57.5. The normalized spacial score (nSPS) is 17.4. The molecule has 13 heteroatoms. The smallest absolute Gasteiger partial charge is 0.422 e. The maximum Gasteiger partial charge on any atom is 0.422 e. The van der Waals surface area contributed by atoms with Gasteiger partial charge >= 0.3 is 12.1 Å². The number of aliphatic hydroxyl groups is 1. The molecule has 1 aliphatic heterocycles. The highest BCUT2D eigenvalue weighted by Crippen LogP contribution is 2.43. The minimum atomic E-state index is -4.81. The molecule has 0 aliphatic carbocycles. The summed E-state index contributed by atoms with van der Waals surface area (Å²) in [5.41, 5.74) is -0.579. The molecule has 0 radical (unpaired) electrons. The van der Waals surface area contributed by atoms with E-state index in [9.17, 15) is 23.1 Å². The van der Waals surface area contributed by atoms with Gasteiger partial charge in [0, 0.05) is 16.7 Å². The number of aliphatic hydroxyl groups excluding tert-OH is 1. The lowest BCUT2D eigenvalue weighted by Gasteiger charge is -2.30. The molecule has 4 aromatic rings. The lowest BCUT2D eigenvalue weighted by atomic mass is 9.97. The SMILES string of the molecule is O=C(O)CN[C@H]1COc2cc(-c3noc(-c4onc(-c5ccccc5)c4C(F)(F)F)n3)ccc2[C@H]1O. The number of aliphatic carboxylic acids is 1. The Bertz CT molecular complexity index is 1400. The minimum Gasteiger partial charge on any atom is -0.491 e. The van der Waals surface area contributed by atoms with Gasteiger partial charge in [0.15, 0.2) is 0 Å². The summed E-state index contributed by atoms with van der Waals surface area (Å²) in [5.74, 6) is -2.04. The van der Waals surface area contributed by atoms with Crippen molar-refractivity contribution >= 4 is 5.97 Å². The van der Waals surface area contributed by atoms with Gasteiger partial charge in [0.25, 0.3) is 5.89 Å². The second-order valence-electron chi connectivity index (χ2n) is 7.91. The lowest BCUT2D eigenvalue weighted by molar-refractivity contribution is -0.137. The zero-order chi connectivity index (χ0) is 25.4. The maximum absolute atomic E-state index is 13.9. The van der Waals surface area contributed by atoms with Gasteiger partial charge in [-0.2, -0.15) is 18.2 Å². The van der Waals surface area contributed by atoms with Gasteiger partial charge in [-0.1, -0.05) is 52.8 Å². The summed E-state index contributed by atoms with van der Waals surface area (Å²) in [6.07, 6.45) is -5.85. The highest BCUT2D eigenvalue weighted by Gasteiger charge is 2.43. The van der Waals surface area contributed by atoms with Crippen LogP contribution in [0.1, 0.15) is 17.2 Å². The van der Waals surface area contributed by atoms with E-state index < -0.39 is 47.2 Å². The fourth-order valence-electron chi connectivity index (χ4n) is 3.84. The zero-order valence-electron chi connectivity index (χ0n) is 18.2. The van der Waals surface area contributed by atoms with Crippen molar-refractivity contribution in [2.75, 3.05) is 13.2 Å². The number of carbonyl (C=O) groups is 1. The molecule has 186 valence electrons. The molecule has 2 aromatic carbocycles. The number of nitrogens with one attached hydrogen (secondary N) is 1. The minimum absolute atomic E-state index is 0.00232. The molecule has 0 saturated carbocycles. The van der Waals surface area contributed by atoms with Crippen LogP contribution in [0.2, 0.25) is 0 Å². The number of fused-ring (bicyclic) bond motifs is 1. The van der Waals surface area contributed by atoms with Crippen molar-refractivity contribution in [1.82, 2.24) is 20.6 Å². The molecule has 0 unspecified atom stereocenters. The Morgan fingerprint density at radius 3 is 2.58 bits per heavy atom. The highest BCUT2D eigenvalue weighted by molar-refractivity contribution is 5.71. The van der Waals surface area contributed by atoms with Gasteiger partial charge in [-0.15, -0.1) is 0 Å². The van der Waals surface area contributed by atoms with Crippen LogP contribution in [0.5, 0.6) is 5.75 Å². The van der Waals surface area contributed by atoms with Crippen molar-refractivity contribution in [1.29, 1.82) is 0 Å². The van der Waals surface area contributed by atoms with E-state index in [4.69, 9.17) is 18.9 Å². The van der Waals surface area contributed by atoms with Crippen LogP contribution in [0.3, 0.4) is 0 Å². The largest absolute Gasteiger partial charge is 0.491 e. The molecule has 3 heterocycles. The number of ether oxygens (including phenoxy) is 1. The van der Waals surface area contributed by atoms with E-state index in [1.54, 1.807) is 18.2 Å². The van der Waals surface area contributed by atoms with Crippen LogP contribution in [-0.2, 0) is 11.0 Å². The summed E-state index contributed by atoms with van der Waals surface area (Å²) >= 11 is 0. The number of rotatable bonds is 6. The number of carboxylic acid groups (broad SMARTS) is 1.